The molecule has 0 saturated carbocycles. The average molecular weight is 460 g/mol. The van der Waals surface area contributed by atoms with Gasteiger partial charge in [0.1, 0.15) is 5.75 Å². The molecule has 0 aliphatic heterocycles. The van der Waals surface area contributed by atoms with Crippen molar-refractivity contribution < 1.29 is 24.0 Å². The van der Waals surface area contributed by atoms with E-state index >= 15 is 0 Å². The Kier molecular flexibility index (Phi) is 7.79. The van der Waals surface area contributed by atoms with Gasteiger partial charge in [0.15, 0.2) is 0 Å². The van der Waals surface area contributed by atoms with Gasteiger partial charge >= 0.3 is 5.97 Å². The van der Waals surface area contributed by atoms with E-state index in [9.17, 15) is 24.5 Å². The van der Waals surface area contributed by atoms with Crippen molar-refractivity contribution in [2.45, 2.75) is 13.3 Å². The Labute approximate surface area is 194 Å². The molecule has 10 heteroatoms. The van der Waals surface area contributed by atoms with Gasteiger partial charge in [0.2, 0.25) is 5.91 Å². The maximum atomic E-state index is 12.4. The lowest BCUT2D eigenvalue weighted by atomic mass is 10.2. The van der Waals surface area contributed by atoms with Crippen molar-refractivity contribution in [2.24, 2.45) is 5.10 Å². The molecule has 2 N–H and O–H groups in total. The van der Waals surface area contributed by atoms with Gasteiger partial charge in [0, 0.05) is 35.4 Å². The third-order valence-electron chi connectivity index (χ3n) is 4.54. The first kappa shape index (κ1) is 23.8. The minimum Gasteiger partial charge on any atom is -0.422 e. The number of benzene rings is 3. The molecule has 0 aliphatic carbocycles. The third-order valence-corrected chi connectivity index (χ3v) is 4.54. The smallest absolute Gasteiger partial charge is 0.343 e. The standard InChI is InChI=1S/C24H20N4O6/c1-2-22(29)26-19-10-8-16(9-11-19)23(30)27-25-15-18-14-20(28(32)33)12-13-21(18)34-24(31)17-6-4-3-5-7-17/h3-15H,2H2,1H3,(H,26,29)(H,27,30)/b25-15+. The van der Waals surface area contributed by atoms with Crippen LogP contribution in [-0.2, 0) is 4.79 Å². The summed E-state index contributed by atoms with van der Waals surface area (Å²) < 4.78 is 5.36. The maximum Gasteiger partial charge on any atom is 0.343 e. The Morgan fingerprint density at radius 1 is 1.00 bits per heavy atom. The molecule has 3 aromatic carbocycles. The van der Waals surface area contributed by atoms with Crippen molar-refractivity contribution in [3.63, 3.8) is 0 Å². The van der Waals surface area contributed by atoms with Crippen LogP contribution in [0.1, 0.15) is 39.6 Å². The Balaban J connectivity index is 1.73. The number of hydrogen-bond acceptors (Lipinski definition) is 7. The number of carbonyl (C=O) groups is 3. The number of nitro groups is 1. The summed E-state index contributed by atoms with van der Waals surface area (Å²) in [5.74, 6) is -1.31. The molecule has 0 saturated heterocycles. The molecule has 0 unspecified atom stereocenters. The van der Waals surface area contributed by atoms with Gasteiger partial charge in [-0.3, -0.25) is 19.7 Å². The van der Waals surface area contributed by atoms with Crippen LogP contribution in [0, 0.1) is 10.1 Å². The molecule has 0 radical (unpaired) electrons. The number of nitro benzene ring substituents is 1. The number of nitrogens with one attached hydrogen (secondary N) is 2. The van der Waals surface area contributed by atoms with E-state index in [4.69, 9.17) is 4.74 Å². The molecule has 3 aromatic rings. The highest BCUT2D eigenvalue weighted by molar-refractivity contribution is 5.97. The average Bonchev–Trinajstić information content (AvgIpc) is 2.85. The molecule has 0 bridgehead atoms. The minimum absolute atomic E-state index is 0.0356. The van der Waals surface area contributed by atoms with E-state index in [2.05, 4.69) is 15.8 Å². The largest absolute Gasteiger partial charge is 0.422 e. The lowest BCUT2D eigenvalue weighted by molar-refractivity contribution is -0.384. The summed E-state index contributed by atoms with van der Waals surface area (Å²) in [6.45, 7) is 1.73. The number of nitrogens with zero attached hydrogens (tertiary/aromatic N) is 2. The first-order valence-corrected chi connectivity index (χ1v) is 10.2. The molecule has 0 aliphatic rings. The molecule has 0 spiro atoms. The fraction of sp³-hybridized carbons (Fsp3) is 0.0833. The molecule has 0 fully saturated rings. The van der Waals surface area contributed by atoms with Gasteiger partial charge in [-0.1, -0.05) is 25.1 Å². The molecule has 0 aromatic heterocycles. The first-order chi connectivity index (χ1) is 16.4. The number of hydrazone groups is 1. The number of carbonyl (C=O) groups excluding carboxylic acids is 3. The van der Waals surface area contributed by atoms with Gasteiger partial charge in [-0.25, -0.2) is 10.2 Å². The molecule has 172 valence electrons. The Morgan fingerprint density at radius 2 is 1.71 bits per heavy atom. The summed E-state index contributed by atoms with van der Waals surface area (Å²) >= 11 is 0. The second-order valence-corrected chi connectivity index (χ2v) is 6.91. The topological polar surface area (TPSA) is 140 Å². The van der Waals surface area contributed by atoms with E-state index in [0.717, 1.165) is 6.21 Å². The summed E-state index contributed by atoms with van der Waals surface area (Å²) in [7, 11) is 0. The highest BCUT2D eigenvalue weighted by atomic mass is 16.6. The van der Waals surface area contributed by atoms with Crippen molar-refractivity contribution in [1.82, 2.24) is 5.43 Å². The van der Waals surface area contributed by atoms with Gasteiger partial charge in [-0.2, -0.15) is 5.10 Å². The fourth-order valence-corrected chi connectivity index (χ4v) is 2.76. The zero-order valence-corrected chi connectivity index (χ0v) is 18.1. The molecule has 0 heterocycles. The van der Waals surface area contributed by atoms with Gasteiger partial charge in [0.25, 0.3) is 11.6 Å². The summed E-state index contributed by atoms with van der Waals surface area (Å²) in [5, 5.41) is 17.7. The van der Waals surface area contributed by atoms with Gasteiger partial charge in [-0.15, -0.1) is 0 Å². The molecule has 10 nitrogen and oxygen atoms in total. The minimum atomic E-state index is -0.650. The van der Waals surface area contributed by atoms with E-state index < -0.39 is 16.8 Å². The van der Waals surface area contributed by atoms with Gasteiger partial charge in [0.05, 0.1) is 16.7 Å². The Hall–Kier alpha value is -4.86. The van der Waals surface area contributed by atoms with Crippen molar-refractivity contribution in [2.75, 3.05) is 5.32 Å². The number of anilines is 1. The van der Waals surface area contributed by atoms with Crippen molar-refractivity contribution in [3.8, 4) is 5.75 Å². The predicted octanol–water partition coefficient (Wildman–Crippen LogP) is 3.93. The monoisotopic (exact) mass is 460 g/mol. The second-order valence-electron chi connectivity index (χ2n) is 6.91. The fourth-order valence-electron chi connectivity index (χ4n) is 2.76. The van der Waals surface area contributed by atoms with E-state index in [1.165, 1.54) is 30.3 Å². The normalized spacial score (nSPS) is 10.5. The molecular weight excluding hydrogens is 440 g/mol. The lowest BCUT2D eigenvalue weighted by Crippen LogP contribution is -2.18. The highest BCUT2D eigenvalue weighted by Gasteiger charge is 2.15. The van der Waals surface area contributed by atoms with E-state index in [0.29, 0.717) is 17.7 Å². The van der Waals surface area contributed by atoms with Gasteiger partial charge < -0.3 is 10.1 Å². The van der Waals surface area contributed by atoms with E-state index in [1.807, 2.05) is 0 Å². The molecule has 2 amide bonds. The Bertz CT molecular complexity index is 1240. The third kappa shape index (κ3) is 6.33. The summed E-state index contributed by atoms with van der Waals surface area (Å²) in [4.78, 5) is 46.7. The number of non-ortho nitro benzene ring substituents is 1. The van der Waals surface area contributed by atoms with Gasteiger partial charge in [-0.05, 0) is 42.5 Å². The molecule has 3 rings (SSSR count). The van der Waals surface area contributed by atoms with Crippen molar-refractivity contribution in [1.29, 1.82) is 0 Å². The second kappa shape index (κ2) is 11.1. The van der Waals surface area contributed by atoms with Crippen LogP contribution in [0.3, 0.4) is 0 Å². The number of ether oxygens (including phenoxy) is 1. The number of amides is 2. The zero-order valence-electron chi connectivity index (χ0n) is 18.1. The lowest BCUT2D eigenvalue weighted by Gasteiger charge is -2.08. The molecule has 34 heavy (non-hydrogen) atoms. The quantitative estimate of drug-likeness (QED) is 0.172. The zero-order chi connectivity index (χ0) is 24.5. The van der Waals surface area contributed by atoms with E-state index in [-0.39, 0.29) is 28.5 Å². The van der Waals surface area contributed by atoms with Crippen molar-refractivity contribution in [3.05, 3.63) is 99.6 Å². The van der Waals surface area contributed by atoms with Crippen LogP contribution in [0.15, 0.2) is 77.9 Å². The van der Waals surface area contributed by atoms with Crippen LogP contribution >= 0.6 is 0 Å². The highest BCUT2D eigenvalue weighted by Crippen LogP contribution is 2.24. The summed E-state index contributed by atoms with van der Waals surface area (Å²) in [6, 6.07) is 18.1. The maximum absolute atomic E-state index is 12.4. The first-order valence-electron chi connectivity index (χ1n) is 10.2. The number of hydrogen-bond donors (Lipinski definition) is 2. The van der Waals surface area contributed by atoms with Crippen LogP contribution < -0.4 is 15.5 Å². The predicted molar refractivity (Wildman–Crippen MR) is 125 cm³/mol. The van der Waals surface area contributed by atoms with Crippen LogP contribution in [-0.4, -0.2) is 28.9 Å². The van der Waals surface area contributed by atoms with Crippen LogP contribution in [0.25, 0.3) is 0 Å². The molecular formula is C24H20N4O6. The van der Waals surface area contributed by atoms with Crippen LogP contribution in [0.5, 0.6) is 5.75 Å². The SMILES string of the molecule is CCC(=O)Nc1ccc(C(=O)N/N=C/c2cc([N+](=O)[O-])ccc2OC(=O)c2ccccc2)cc1. The van der Waals surface area contributed by atoms with Crippen LogP contribution in [0.4, 0.5) is 11.4 Å². The van der Waals surface area contributed by atoms with Crippen LogP contribution in [0.2, 0.25) is 0 Å². The summed E-state index contributed by atoms with van der Waals surface area (Å²) in [6.07, 6.45) is 1.48. The number of esters is 1. The van der Waals surface area contributed by atoms with Crippen molar-refractivity contribution >= 4 is 35.4 Å². The Morgan fingerprint density at radius 3 is 2.35 bits per heavy atom. The summed E-state index contributed by atoms with van der Waals surface area (Å²) in [5.41, 5.74) is 3.33. The van der Waals surface area contributed by atoms with E-state index in [1.54, 1.807) is 49.4 Å². The number of rotatable bonds is 8. The molecule has 0 atom stereocenters.